The molecular formula is C24H24FN3OS. The molecule has 30 heavy (non-hydrogen) atoms. The van der Waals surface area contributed by atoms with Gasteiger partial charge in [0.05, 0.1) is 23.2 Å². The second-order valence-corrected chi connectivity index (χ2v) is 8.90. The lowest BCUT2D eigenvalue weighted by Gasteiger charge is -2.39. The summed E-state index contributed by atoms with van der Waals surface area (Å²) in [4.78, 5) is 17.0. The minimum atomic E-state index is -0.442. The van der Waals surface area contributed by atoms with Crippen LogP contribution < -0.4 is 10.6 Å². The van der Waals surface area contributed by atoms with E-state index in [9.17, 15) is 14.4 Å². The fraction of sp³-hybridized carbons (Fsp3) is 0.333. The number of nitrogens with two attached hydrogens (primary N) is 1. The summed E-state index contributed by atoms with van der Waals surface area (Å²) in [6.45, 7) is 2.16. The van der Waals surface area contributed by atoms with Crippen molar-refractivity contribution in [1.82, 2.24) is 0 Å². The molecule has 2 aliphatic rings. The highest BCUT2D eigenvalue weighted by Crippen LogP contribution is 2.47. The number of ketones is 1. The molecule has 0 radical (unpaired) electrons. The van der Waals surface area contributed by atoms with Crippen LogP contribution in [-0.2, 0) is 11.2 Å². The molecule has 154 valence electrons. The molecule has 0 bridgehead atoms. The Labute approximate surface area is 180 Å². The Kier molecular flexibility index (Phi) is 5.74. The van der Waals surface area contributed by atoms with E-state index in [-0.39, 0.29) is 17.4 Å². The lowest BCUT2D eigenvalue weighted by atomic mass is 9.78. The van der Waals surface area contributed by atoms with Gasteiger partial charge in [-0.3, -0.25) is 9.69 Å². The van der Waals surface area contributed by atoms with Crippen LogP contribution in [-0.4, -0.2) is 5.78 Å². The van der Waals surface area contributed by atoms with Gasteiger partial charge in [-0.15, -0.1) is 11.3 Å². The largest absolute Gasteiger partial charge is 0.384 e. The molecule has 6 heteroatoms. The van der Waals surface area contributed by atoms with Gasteiger partial charge in [0.15, 0.2) is 5.78 Å². The number of thiophene rings is 1. The molecule has 4 rings (SSSR count). The highest BCUT2D eigenvalue weighted by molar-refractivity contribution is 7.12. The molecule has 0 amide bonds. The van der Waals surface area contributed by atoms with E-state index in [0.717, 1.165) is 36.3 Å². The topological polar surface area (TPSA) is 70.1 Å². The van der Waals surface area contributed by atoms with E-state index in [0.29, 0.717) is 29.7 Å². The van der Waals surface area contributed by atoms with Crippen molar-refractivity contribution in [3.63, 3.8) is 0 Å². The van der Waals surface area contributed by atoms with Crippen molar-refractivity contribution in [2.45, 2.75) is 51.4 Å². The third-order valence-corrected chi connectivity index (χ3v) is 6.93. The first-order chi connectivity index (χ1) is 14.5. The van der Waals surface area contributed by atoms with Gasteiger partial charge in [0, 0.05) is 27.4 Å². The minimum absolute atomic E-state index is 0.0476. The first-order valence-corrected chi connectivity index (χ1v) is 11.2. The third kappa shape index (κ3) is 3.54. The van der Waals surface area contributed by atoms with E-state index < -0.39 is 5.92 Å². The number of anilines is 1. The second-order valence-electron chi connectivity index (χ2n) is 7.70. The van der Waals surface area contributed by atoms with Crippen LogP contribution in [0.2, 0.25) is 0 Å². The zero-order valence-electron chi connectivity index (χ0n) is 17.0. The van der Waals surface area contributed by atoms with Crippen molar-refractivity contribution in [2.24, 2.45) is 5.73 Å². The Bertz CT molecular complexity index is 1090. The Morgan fingerprint density at radius 3 is 2.87 bits per heavy atom. The maximum absolute atomic E-state index is 13.9. The van der Waals surface area contributed by atoms with Crippen LogP contribution in [0, 0.1) is 17.1 Å². The number of unbranched alkanes of at least 4 members (excludes halogenated alkanes) is 1. The summed E-state index contributed by atoms with van der Waals surface area (Å²) in [5.74, 6) is -0.497. The van der Waals surface area contributed by atoms with Gasteiger partial charge in [0.2, 0.25) is 0 Å². The summed E-state index contributed by atoms with van der Waals surface area (Å²) in [6, 6.07) is 12.5. The van der Waals surface area contributed by atoms with Crippen LogP contribution in [0.5, 0.6) is 0 Å². The maximum atomic E-state index is 13.9. The number of halogens is 1. The number of nitriles is 1. The summed E-state index contributed by atoms with van der Waals surface area (Å²) < 4.78 is 13.9. The van der Waals surface area contributed by atoms with Crippen molar-refractivity contribution in [1.29, 1.82) is 5.26 Å². The van der Waals surface area contributed by atoms with E-state index in [1.807, 2.05) is 6.07 Å². The number of aryl methyl sites for hydroxylation is 1. The number of rotatable bonds is 5. The average Bonchev–Trinajstić information content (AvgIpc) is 3.20. The van der Waals surface area contributed by atoms with Crippen LogP contribution in [0.15, 0.2) is 59.1 Å². The molecule has 4 nitrogen and oxygen atoms in total. The number of hydrogen-bond donors (Lipinski definition) is 1. The van der Waals surface area contributed by atoms with Gasteiger partial charge >= 0.3 is 0 Å². The molecule has 1 aliphatic carbocycles. The molecular weight excluding hydrogens is 397 g/mol. The fourth-order valence-corrected chi connectivity index (χ4v) is 5.49. The highest BCUT2D eigenvalue weighted by Gasteiger charge is 2.40. The number of hydrogen-bond acceptors (Lipinski definition) is 5. The van der Waals surface area contributed by atoms with Crippen molar-refractivity contribution in [2.75, 3.05) is 4.90 Å². The predicted octanol–water partition coefficient (Wildman–Crippen LogP) is 5.53. The molecule has 1 aliphatic heterocycles. The zero-order chi connectivity index (χ0) is 21.3. The first kappa shape index (κ1) is 20.4. The molecule has 1 aromatic heterocycles. The quantitative estimate of drug-likeness (QED) is 0.689. The van der Waals surface area contributed by atoms with Gasteiger partial charge in [0.25, 0.3) is 0 Å². The predicted molar refractivity (Wildman–Crippen MR) is 117 cm³/mol. The van der Waals surface area contributed by atoms with Gasteiger partial charge < -0.3 is 5.73 Å². The molecule has 2 aromatic rings. The molecule has 2 heterocycles. The van der Waals surface area contributed by atoms with Crippen LogP contribution in [0.25, 0.3) is 0 Å². The summed E-state index contributed by atoms with van der Waals surface area (Å²) in [7, 11) is 0. The SMILES string of the molecule is CCCCc1ccc(C2C(C#N)=C(N)N(c3cccc(F)c3)C3=C2C(=O)CCC3)s1. The van der Waals surface area contributed by atoms with Crippen molar-refractivity contribution >= 4 is 22.8 Å². The minimum Gasteiger partial charge on any atom is -0.384 e. The van der Waals surface area contributed by atoms with Crippen LogP contribution in [0.1, 0.15) is 54.7 Å². The first-order valence-electron chi connectivity index (χ1n) is 10.4. The number of carbonyl (C=O) groups excluding carboxylic acids is 1. The molecule has 2 N–H and O–H groups in total. The monoisotopic (exact) mass is 421 g/mol. The van der Waals surface area contributed by atoms with E-state index in [1.165, 1.54) is 17.0 Å². The summed E-state index contributed by atoms with van der Waals surface area (Å²) in [5.41, 5.74) is 8.83. The number of nitrogens with zero attached hydrogens (tertiary/aromatic N) is 2. The molecule has 0 spiro atoms. The van der Waals surface area contributed by atoms with Gasteiger partial charge in [-0.05, 0) is 56.0 Å². The maximum Gasteiger partial charge on any atom is 0.161 e. The van der Waals surface area contributed by atoms with Gasteiger partial charge in [-0.25, -0.2) is 4.39 Å². The second kappa shape index (κ2) is 8.45. The standard InChI is InChI=1S/C24H24FN3OS/c1-2-3-8-17-11-12-21(30-17)22-18(14-26)24(27)28(16-7-4-6-15(25)13-16)19-9-5-10-20(29)23(19)22/h4,6-7,11-13,22H,2-3,5,8-10,27H2,1H3. The molecule has 0 saturated heterocycles. The molecule has 1 aromatic carbocycles. The number of allylic oxidation sites excluding steroid dienone is 3. The van der Waals surface area contributed by atoms with Crippen molar-refractivity contribution < 1.29 is 9.18 Å². The molecule has 0 saturated carbocycles. The van der Waals surface area contributed by atoms with E-state index in [4.69, 9.17) is 5.73 Å². The summed E-state index contributed by atoms with van der Waals surface area (Å²) >= 11 is 1.65. The number of carbonyl (C=O) groups is 1. The van der Waals surface area contributed by atoms with Crippen molar-refractivity contribution in [3.05, 3.63) is 74.6 Å². The lowest BCUT2D eigenvalue weighted by Crippen LogP contribution is -2.38. The van der Waals surface area contributed by atoms with Crippen LogP contribution in [0.3, 0.4) is 0 Å². The van der Waals surface area contributed by atoms with Crippen LogP contribution in [0.4, 0.5) is 10.1 Å². The summed E-state index contributed by atoms with van der Waals surface area (Å²) in [6.07, 6.45) is 5.06. The van der Waals surface area contributed by atoms with Gasteiger partial charge in [-0.2, -0.15) is 5.26 Å². The third-order valence-electron chi connectivity index (χ3n) is 5.72. The zero-order valence-corrected chi connectivity index (χ0v) is 17.8. The van der Waals surface area contributed by atoms with Crippen molar-refractivity contribution in [3.8, 4) is 6.07 Å². The van der Waals surface area contributed by atoms with Gasteiger partial charge in [0.1, 0.15) is 11.6 Å². The average molecular weight is 422 g/mol. The smallest absolute Gasteiger partial charge is 0.161 e. The van der Waals surface area contributed by atoms with Gasteiger partial charge in [-0.1, -0.05) is 19.4 Å². The van der Waals surface area contributed by atoms with E-state index in [2.05, 4.69) is 19.1 Å². The Balaban J connectivity index is 1.87. The molecule has 1 atom stereocenters. The lowest BCUT2D eigenvalue weighted by molar-refractivity contribution is -0.116. The Hall–Kier alpha value is -2.91. The summed E-state index contributed by atoms with van der Waals surface area (Å²) in [5, 5.41) is 10.0. The normalized spacial score (nSPS) is 19.2. The highest BCUT2D eigenvalue weighted by atomic mass is 32.1. The number of benzene rings is 1. The Morgan fingerprint density at radius 2 is 2.13 bits per heavy atom. The Morgan fingerprint density at radius 1 is 1.30 bits per heavy atom. The fourth-order valence-electron chi connectivity index (χ4n) is 4.32. The van der Waals surface area contributed by atoms with E-state index in [1.54, 1.807) is 28.4 Å². The van der Waals surface area contributed by atoms with Crippen LogP contribution >= 0.6 is 11.3 Å². The molecule has 1 unspecified atom stereocenters. The number of Topliss-reactive ketones (excluding diaryl/α,β-unsaturated/α-hetero) is 1. The van der Waals surface area contributed by atoms with E-state index >= 15 is 0 Å². The molecule has 0 fully saturated rings.